The van der Waals surface area contributed by atoms with Crippen molar-refractivity contribution in [3.8, 4) is 24.7 Å². The summed E-state index contributed by atoms with van der Waals surface area (Å²) in [4.78, 5) is 69.5. The molecule has 1 heterocycles. The van der Waals surface area contributed by atoms with E-state index in [4.69, 9.17) is 12.8 Å². The van der Waals surface area contributed by atoms with Crippen LogP contribution in [0, 0.1) is 64.6 Å². The highest BCUT2D eigenvalue weighted by Crippen LogP contribution is 2.65. The van der Waals surface area contributed by atoms with Gasteiger partial charge < -0.3 is 4.90 Å². The minimum atomic E-state index is -1.02. The molecule has 0 bridgehead atoms. The summed E-state index contributed by atoms with van der Waals surface area (Å²) in [6.07, 6.45) is 18.1. The van der Waals surface area contributed by atoms with E-state index < -0.39 is 45.7 Å². The van der Waals surface area contributed by atoms with Crippen LogP contribution in [0.3, 0.4) is 0 Å². The van der Waals surface area contributed by atoms with Crippen molar-refractivity contribution in [3.63, 3.8) is 0 Å². The number of nitrogens with zero attached hydrogens (tertiary/aromatic N) is 1. The van der Waals surface area contributed by atoms with E-state index >= 15 is 0 Å². The zero-order chi connectivity index (χ0) is 33.7. The molecule has 3 unspecified atom stereocenters. The first-order chi connectivity index (χ1) is 21.0. The molecule has 6 atom stereocenters. The first-order valence-corrected chi connectivity index (χ1v) is 18.3. The first kappa shape index (κ1) is 36.9. The fraction of sp³-hybridized carbons (Fsp3) is 0.757. The zero-order valence-electron chi connectivity index (χ0n) is 28.2. The Hall–Kier alpha value is -2.58. The molecule has 0 aromatic carbocycles. The Morgan fingerprint density at radius 1 is 0.978 bits per heavy atom. The molecule has 3 fully saturated rings. The van der Waals surface area contributed by atoms with E-state index in [9.17, 15) is 28.2 Å². The molecule has 2 saturated carbocycles. The van der Waals surface area contributed by atoms with Crippen molar-refractivity contribution < 1.29 is 28.2 Å². The number of hydrogen-bond acceptors (Lipinski definition) is 6. The van der Waals surface area contributed by atoms with E-state index in [1.165, 1.54) is 0 Å². The number of ketones is 4. The normalized spacial score (nSPS) is 25.2. The molecule has 45 heavy (non-hydrogen) atoms. The second kappa shape index (κ2) is 14.9. The molecule has 1 saturated heterocycles. The van der Waals surface area contributed by atoms with E-state index in [1.54, 1.807) is 11.2 Å². The molecule has 0 N–H and O–H groups in total. The van der Waals surface area contributed by atoms with E-state index in [1.807, 2.05) is 20.8 Å². The van der Waals surface area contributed by atoms with Gasteiger partial charge in [-0.15, -0.1) is 24.7 Å². The number of piperidine rings is 1. The van der Waals surface area contributed by atoms with E-state index in [2.05, 4.69) is 25.7 Å². The first-order valence-electron chi connectivity index (χ1n) is 16.6. The Bertz CT molecular complexity index is 1270. The molecular formula is C37H53NO6S. The molecule has 0 aromatic rings. The van der Waals surface area contributed by atoms with Gasteiger partial charge in [-0.05, 0) is 47.3 Å². The number of terminal acetylenes is 2. The van der Waals surface area contributed by atoms with E-state index in [0.29, 0.717) is 18.7 Å². The summed E-state index contributed by atoms with van der Waals surface area (Å²) in [5, 5.41) is 0. The number of fused-ring (bicyclic) bond motifs is 1. The predicted molar refractivity (Wildman–Crippen MR) is 177 cm³/mol. The quantitative estimate of drug-likeness (QED) is 0.167. The Morgan fingerprint density at radius 2 is 1.60 bits per heavy atom. The standard InChI is InChI=1S/C37H53NO6S/c1-9-11-16-25(33(42)29(40)17-12-10-2)20-30(41)32-31-28(36(31,6)7)23-38(32)34(43)27(35(3,4)5)21-26(39)22-37(24-45(8)44)18-14-13-15-19-37/h1-2,25,27-28,31-32H,11-24H2,3-8H3/t25?,27-,28?,31+,32-,45?/m1/s1. The molecule has 8 heteroatoms. The highest BCUT2D eigenvalue weighted by molar-refractivity contribution is 7.84. The predicted octanol–water partition coefficient (Wildman–Crippen LogP) is 5.35. The second-order valence-electron chi connectivity index (χ2n) is 15.6. The summed E-state index contributed by atoms with van der Waals surface area (Å²) >= 11 is 0. The smallest absolute Gasteiger partial charge is 0.227 e. The molecule has 248 valence electrons. The van der Waals surface area contributed by atoms with Gasteiger partial charge in [0.05, 0.1) is 6.04 Å². The number of carbonyl (C=O) groups is 5. The van der Waals surface area contributed by atoms with Crippen molar-refractivity contribution in [1.29, 1.82) is 0 Å². The maximum atomic E-state index is 14.4. The maximum absolute atomic E-state index is 14.4. The third-order valence-corrected chi connectivity index (χ3v) is 11.8. The van der Waals surface area contributed by atoms with Gasteiger partial charge >= 0.3 is 0 Å². The fourth-order valence-electron chi connectivity index (χ4n) is 8.15. The molecule has 0 radical (unpaired) electrons. The van der Waals surface area contributed by atoms with Gasteiger partial charge in [-0.2, -0.15) is 0 Å². The van der Waals surface area contributed by atoms with Crippen molar-refractivity contribution in [1.82, 2.24) is 4.90 Å². The maximum Gasteiger partial charge on any atom is 0.227 e. The zero-order valence-corrected chi connectivity index (χ0v) is 29.1. The van der Waals surface area contributed by atoms with Crippen LogP contribution in [0.25, 0.3) is 0 Å². The van der Waals surface area contributed by atoms with Crippen LogP contribution in [-0.2, 0) is 34.8 Å². The molecule has 1 amide bonds. The van der Waals surface area contributed by atoms with Gasteiger partial charge in [-0.25, -0.2) is 0 Å². The lowest BCUT2D eigenvalue weighted by molar-refractivity contribution is -0.148. The number of amides is 1. The van der Waals surface area contributed by atoms with Crippen LogP contribution in [0.4, 0.5) is 0 Å². The summed E-state index contributed by atoms with van der Waals surface area (Å²) < 4.78 is 12.3. The molecular weight excluding hydrogens is 586 g/mol. The van der Waals surface area contributed by atoms with E-state index in [0.717, 1.165) is 32.1 Å². The average Bonchev–Trinajstić information content (AvgIpc) is 3.27. The molecule has 0 spiro atoms. The Labute approximate surface area is 273 Å². The molecule has 7 nitrogen and oxygen atoms in total. The summed E-state index contributed by atoms with van der Waals surface area (Å²) in [7, 11) is -1.02. The fourth-order valence-corrected chi connectivity index (χ4v) is 9.41. The second-order valence-corrected chi connectivity index (χ2v) is 17.0. The summed E-state index contributed by atoms with van der Waals surface area (Å²) in [5.74, 6) is 2.35. The topological polar surface area (TPSA) is 106 Å². The van der Waals surface area contributed by atoms with Crippen LogP contribution in [-0.4, -0.2) is 62.7 Å². The Morgan fingerprint density at radius 3 is 2.16 bits per heavy atom. The van der Waals surface area contributed by atoms with Gasteiger partial charge in [-0.1, -0.05) is 53.9 Å². The van der Waals surface area contributed by atoms with Crippen molar-refractivity contribution >= 4 is 39.8 Å². The summed E-state index contributed by atoms with van der Waals surface area (Å²) in [5.41, 5.74) is -0.950. The third kappa shape index (κ3) is 8.82. The number of Topliss-reactive ketones (excluding diaryl/α,β-unsaturated/α-hetero) is 4. The van der Waals surface area contributed by atoms with Gasteiger partial charge in [0.25, 0.3) is 0 Å². The number of likely N-dealkylation sites (tertiary alicyclic amines) is 1. The molecule has 0 aromatic heterocycles. The van der Waals surface area contributed by atoms with Crippen molar-refractivity contribution in [2.45, 2.75) is 118 Å². The van der Waals surface area contributed by atoms with Crippen molar-refractivity contribution in [3.05, 3.63) is 0 Å². The van der Waals surface area contributed by atoms with Crippen molar-refractivity contribution in [2.75, 3.05) is 18.6 Å². The third-order valence-electron chi connectivity index (χ3n) is 10.8. The molecule has 1 aliphatic heterocycles. The number of rotatable bonds is 16. The Kier molecular flexibility index (Phi) is 12.2. The molecule has 3 aliphatic rings. The van der Waals surface area contributed by atoms with Crippen molar-refractivity contribution in [2.24, 2.45) is 39.9 Å². The lowest BCUT2D eigenvalue weighted by Crippen LogP contribution is -2.51. The number of carbonyl (C=O) groups excluding carboxylic acids is 5. The SMILES string of the molecule is C#CCCC(=O)C(=O)C(CCC#C)CC(=O)[C@@H]1[C@@H]2C(CN1C(=O)[C@@H](CC(=O)CC1(CS(C)=O)CCCCC1)C(C)(C)C)C2(C)C. The minimum absolute atomic E-state index is 0.00798. The van der Waals surface area contributed by atoms with Crippen LogP contribution in [0.1, 0.15) is 112 Å². The van der Waals surface area contributed by atoms with Gasteiger partial charge in [0.2, 0.25) is 11.7 Å². The molecule has 3 rings (SSSR count). The van der Waals surface area contributed by atoms with Gasteiger partial charge in [0, 0.05) is 79.7 Å². The number of hydrogen-bond donors (Lipinski definition) is 0. The van der Waals surface area contributed by atoms with Gasteiger partial charge in [-0.3, -0.25) is 28.2 Å². The molecule has 2 aliphatic carbocycles. The summed E-state index contributed by atoms with van der Waals surface area (Å²) in [6.45, 7) is 10.5. The highest BCUT2D eigenvalue weighted by atomic mass is 32.2. The highest BCUT2D eigenvalue weighted by Gasteiger charge is 2.69. The lowest BCUT2D eigenvalue weighted by atomic mass is 9.70. The minimum Gasteiger partial charge on any atom is -0.332 e. The Balaban J connectivity index is 1.84. The largest absolute Gasteiger partial charge is 0.332 e. The van der Waals surface area contributed by atoms with Crippen LogP contribution >= 0.6 is 0 Å². The van der Waals surface area contributed by atoms with Crippen LogP contribution in [0.15, 0.2) is 0 Å². The van der Waals surface area contributed by atoms with E-state index in [-0.39, 0.29) is 78.7 Å². The van der Waals surface area contributed by atoms with Gasteiger partial charge in [0.1, 0.15) is 5.78 Å². The summed E-state index contributed by atoms with van der Waals surface area (Å²) in [6, 6.07) is -0.716. The lowest BCUT2D eigenvalue weighted by Gasteiger charge is -2.39. The van der Waals surface area contributed by atoms with Crippen LogP contribution < -0.4 is 0 Å². The average molecular weight is 640 g/mol. The van der Waals surface area contributed by atoms with Crippen LogP contribution in [0.5, 0.6) is 0 Å². The monoisotopic (exact) mass is 639 g/mol. The van der Waals surface area contributed by atoms with Crippen LogP contribution in [0.2, 0.25) is 0 Å². The van der Waals surface area contributed by atoms with Gasteiger partial charge in [0.15, 0.2) is 11.6 Å².